The summed E-state index contributed by atoms with van der Waals surface area (Å²) in [5, 5.41) is 11.8. The highest BCUT2D eigenvalue weighted by atomic mass is 32.2. The van der Waals surface area contributed by atoms with Gasteiger partial charge in [0.05, 0.1) is 5.75 Å². The molecule has 9 heteroatoms. The number of nitrogens with zero attached hydrogens (tertiary/aromatic N) is 4. The summed E-state index contributed by atoms with van der Waals surface area (Å²) in [5.74, 6) is 0.169. The Morgan fingerprint density at radius 2 is 1.90 bits per heavy atom. The van der Waals surface area contributed by atoms with Crippen molar-refractivity contribution in [3.63, 3.8) is 0 Å². The molecule has 7 nitrogen and oxygen atoms in total. The molecule has 0 aliphatic heterocycles. The second-order valence-electron chi connectivity index (χ2n) is 8.13. The van der Waals surface area contributed by atoms with Crippen molar-refractivity contribution in [1.29, 1.82) is 0 Å². The third-order valence-electron chi connectivity index (χ3n) is 4.61. The Labute approximate surface area is 174 Å². The van der Waals surface area contributed by atoms with Gasteiger partial charge in [-0.05, 0) is 64.8 Å². The average molecular weight is 420 g/mol. The number of carbonyl (C=O) groups excluding carboxylic acids is 2. The molecule has 0 saturated heterocycles. The average Bonchev–Trinajstić information content (AvgIpc) is 3.41. The van der Waals surface area contributed by atoms with Crippen LogP contribution in [0.2, 0.25) is 0 Å². The van der Waals surface area contributed by atoms with Crippen molar-refractivity contribution in [3.05, 3.63) is 35.9 Å². The van der Waals surface area contributed by atoms with E-state index in [1.807, 2.05) is 27.7 Å². The number of carbonyl (C=O) groups is 2. The third-order valence-corrected chi connectivity index (χ3v) is 5.54. The molecule has 1 aromatic carbocycles. The first kappa shape index (κ1) is 21.3. The number of benzene rings is 1. The van der Waals surface area contributed by atoms with Gasteiger partial charge in [0, 0.05) is 17.3 Å². The number of amides is 2. The van der Waals surface area contributed by atoms with Gasteiger partial charge in [-0.2, -0.15) is 0 Å². The lowest BCUT2D eigenvalue weighted by atomic mass is 10.1. The van der Waals surface area contributed by atoms with Crippen LogP contribution >= 0.6 is 11.8 Å². The van der Waals surface area contributed by atoms with Crippen molar-refractivity contribution in [2.75, 3.05) is 17.6 Å². The molecule has 156 valence electrons. The maximum atomic E-state index is 13.0. The standard InChI is InChI=1S/C20H26FN5O2S/c1-13-23-24-19(26(13)16-9-10-16)29-12-18(28)25(20(2,3)4)11-17(27)22-15-7-5-14(21)6-8-15/h5-8,16H,9-12H2,1-4H3,(H,22,27). The van der Waals surface area contributed by atoms with E-state index in [9.17, 15) is 14.0 Å². The summed E-state index contributed by atoms with van der Waals surface area (Å²) < 4.78 is 15.1. The second kappa shape index (κ2) is 8.52. The molecule has 1 saturated carbocycles. The van der Waals surface area contributed by atoms with Crippen molar-refractivity contribution in [2.24, 2.45) is 0 Å². The van der Waals surface area contributed by atoms with Crippen LogP contribution in [0.5, 0.6) is 0 Å². The van der Waals surface area contributed by atoms with Crippen LogP contribution < -0.4 is 5.32 Å². The zero-order valence-electron chi connectivity index (χ0n) is 17.1. The van der Waals surface area contributed by atoms with Gasteiger partial charge in [-0.1, -0.05) is 11.8 Å². The monoisotopic (exact) mass is 419 g/mol. The molecular weight excluding hydrogens is 393 g/mol. The molecule has 1 aliphatic carbocycles. The van der Waals surface area contributed by atoms with Crippen molar-refractivity contribution >= 4 is 29.3 Å². The minimum Gasteiger partial charge on any atom is -0.328 e. The van der Waals surface area contributed by atoms with Gasteiger partial charge in [0.15, 0.2) is 5.16 Å². The number of anilines is 1. The van der Waals surface area contributed by atoms with Gasteiger partial charge in [-0.3, -0.25) is 9.59 Å². The Balaban J connectivity index is 1.62. The van der Waals surface area contributed by atoms with E-state index in [0.29, 0.717) is 11.7 Å². The van der Waals surface area contributed by atoms with Crippen molar-refractivity contribution < 1.29 is 14.0 Å². The van der Waals surface area contributed by atoms with Crippen LogP contribution in [0.15, 0.2) is 29.4 Å². The molecule has 0 spiro atoms. The quantitative estimate of drug-likeness (QED) is 0.696. The lowest BCUT2D eigenvalue weighted by Gasteiger charge is -2.35. The molecule has 1 fully saturated rings. The van der Waals surface area contributed by atoms with Crippen LogP contribution in [0.4, 0.5) is 10.1 Å². The normalized spacial score (nSPS) is 14.0. The molecule has 2 amide bonds. The molecule has 1 aliphatic rings. The minimum atomic E-state index is -0.530. The molecule has 0 atom stereocenters. The van der Waals surface area contributed by atoms with Gasteiger partial charge >= 0.3 is 0 Å². The fourth-order valence-corrected chi connectivity index (χ4v) is 3.91. The predicted octanol–water partition coefficient (Wildman–Crippen LogP) is 3.42. The van der Waals surface area contributed by atoms with Gasteiger partial charge in [0.1, 0.15) is 18.2 Å². The van der Waals surface area contributed by atoms with E-state index < -0.39 is 5.54 Å². The van der Waals surface area contributed by atoms with Crippen molar-refractivity contribution in [3.8, 4) is 0 Å². The highest BCUT2D eigenvalue weighted by Crippen LogP contribution is 2.38. The molecule has 1 N–H and O–H groups in total. The van der Waals surface area contributed by atoms with Crippen LogP contribution in [0.3, 0.4) is 0 Å². The van der Waals surface area contributed by atoms with Crippen LogP contribution in [-0.2, 0) is 9.59 Å². The van der Waals surface area contributed by atoms with Crippen molar-refractivity contribution in [2.45, 2.75) is 57.3 Å². The summed E-state index contributed by atoms with van der Waals surface area (Å²) in [5.41, 5.74) is -0.0437. The lowest BCUT2D eigenvalue weighted by Crippen LogP contribution is -2.50. The Morgan fingerprint density at radius 3 is 2.48 bits per heavy atom. The van der Waals surface area contributed by atoms with Crippen LogP contribution in [0.1, 0.15) is 45.5 Å². The summed E-state index contributed by atoms with van der Waals surface area (Å²) in [6.45, 7) is 7.49. The molecule has 3 rings (SSSR count). The van der Waals surface area contributed by atoms with Gasteiger partial charge in [0.2, 0.25) is 11.8 Å². The topological polar surface area (TPSA) is 80.1 Å². The van der Waals surface area contributed by atoms with E-state index in [4.69, 9.17) is 0 Å². The first-order chi connectivity index (χ1) is 13.6. The fourth-order valence-electron chi connectivity index (χ4n) is 2.98. The predicted molar refractivity (Wildman–Crippen MR) is 110 cm³/mol. The molecule has 29 heavy (non-hydrogen) atoms. The Kier molecular flexibility index (Phi) is 6.26. The fraction of sp³-hybridized carbons (Fsp3) is 0.500. The van der Waals surface area contributed by atoms with Gasteiger partial charge in [-0.25, -0.2) is 4.39 Å². The van der Waals surface area contributed by atoms with E-state index in [-0.39, 0.29) is 29.9 Å². The molecular formula is C20H26FN5O2S. The summed E-state index contributed by atoms with van der Waals surface area (Å²) in [4.78, 5) is 26.9. The largest absolute Gasteiger partial charge is 0.328 e. The zero-order chi connectivity index (χ0) is 21.2. The van der Waals surface area contributed by atoms with Crippen LogP contribution in [0, 0.1) is 12.7 Å². The summed E-state index contributed by atoms with van der Waals surface area (Å²) in [7, 11) is 0. The molecule has 1 heterocycles. The third kappa shape index (κ3) is 5.56. The van der Waals surface area contributed by atoms with Gasteiger partial charge < -0.3 is 14.8 Å². The van der Waals surface area contributed by atoms with E-state index in [1.54, 1.807) is 4.90 Å². The zero-order valence-corrected chi connectivity index (χ0v) is 17.9. The number of nitrogens with one attached hydrogen (secondary N) is 1. The number of aromatic nitrogens is 3. The van der Waals surface area contributed by atoms with Crippen LogP contribution in [0.25, 0.3) is 0 Å². The first-order valence-electron chi connectivity index (χ1n) is 9.55. The van der Waals surface area contributed by atoms with Crippen LogP contribution in [-0.4, -0.2) is 49.3 Å². The highest BCUT2D eigenvalue weighted by Gasteiger charge is 2.31. The maximum Gasteiger partial charge on any atom is 0.244 e. The van der Waals surface area contributed by atoms with E-state index >= 15 is 0 Å². The highest BCUT2D eigenvalue weighted by molar-refractivity contribution is 7.99. The van der Waals surface area contributed by atoms with Gasteiger partial charge in [-0.15, -0.1) is 10.2 Å². The molecule has 0 bridgehead atoms. The number of hydrogen-bond acceptors (Lipinski definition) is 5. The van der Waals surface area contributed by atoms with Crippen molar-refractivity contribution in [1.82, 2.24) is 19.7 Å². The molecule has 1 aromatic heterocycles. The van der Waals surface area contributed by atoms with E-state index in [1.165, 1.54) is 36.0 Å². The minimum absolute atomic E-state index is 0.0887. The number of aryl methyl sites for hydroxylation is 1. The number of hydrogen-bond donors (Lipinski definition) is 1. The second-order valence-corrected chi connectivity index (χ2v) is 9.07. The molecule has 2 aromatic rings. The van der Waals surface area contributed by atoms with E-state index in [2.05, 4.69) is 20.1 Å². The number of halogens is 1. The number of thioether (sulfide) groups is 1. The summed E-state index contributed by atoms with van der Waals surface area (Å²) >= 11 is 1.35. The molecule has 0 unspecified atom stereocenters. The Bertz CT molecular complexity index is 887. The molecule has 0 radical (unpaired) electrons. The van der Waals surface area contributed by atoms with Gasteiger partial charge in [0.25, 0.3) is 0 Å². The first-order valence-corrected chi connectivity index (χ1v) is 10.5. The summed E-state index contributed by atoms with van der Waals surface area (Å²) in [6, 6.07) is 5.95. The maximum absolute atomic E-state index is 13.0. The van der Waals surface area contributed by atoms with E-state index in [0.717, 1.165) is 23.8 Å². The number of rotatable bonds is 7. The lowest BCUT2D eigenvalue weighted by molar-refractivity contribution is -0.137. The Hall–Kier alpha value is -2.42. The SMILES string of the molecule is Cc1nnc(SCC(=O)N(CC(=O)Nc2ccc(F)cc2)C(C)(C)C)n1C1CC1. The summed E-state index contributed by atoms with van der Waals surface area (Å²) in [6.07, 6.45) is 2.22. The smallest absolute Gasteiger partial charge is 0.244 e. The Morgan fingerprint density at radius 1 is 1.24 bits per heavy atom.